The minimum atomic E-state index is -2.65. The molecule has 31 heavy (non-hydrogen) atoms. The SMILES string of the molecule is [2H]C([2H])(c1c(C)nc2n(c1=O)CCCC2O)C([2H])([2H])N1CCC(c2noc3ccc(F)cc23)CC1. The maximum atomic E-state index is 13.7. The fourth-order valence-electron chi connectivity index (χ4n) is 4.49. The standard InChI is InChI=1S/C23H27FN4O3/c1-14-17(23(30)28-9-2-3-19(29)22(28)25-14)8-12-27-10-6-15(7-11-27)21-18-13-16(24)4-5-20(18)31-26-21/h4-5,13,15,19,29H,2-3,6-12H2,1H3/i8D2,12D2. The van der Waals surface area contributed by atoms with Crippen molar-refractivity contribution in [2.45, 2.75) is 57.5 Å². The Bertz CT molecular complexity index is 1330. The van der Waals surface area contributed by atoms with Gasteiger partial charge in [0.1, 0.15) is 17.7 Å². The summed E-state index contributed by atoms with van der Waals surface area (Å²) in [5.41, 5.74) is 0.222. The van der Waals surface area contributed by atoms with Gasteiger partial charge in [-0.05, 0) is 70.3 Å². The zero-order valence-corrected chi connectivity index (χ0v) is 17.3. The lowest BCUT2D eigenvalue weighted by molar-refractivity contribution is 0.129. The molecule has 0 saturated carbocycles. The lowest BCUT2D eigenvalue weighted by Crippen LogP contribution is -2.37. The Hall–Kier alpha value is -2.58. The zero-order valence-electron chi connectivity index (χ0n) is 21.3. The van der Waals surface area contributed by atoms with E-state index >= 15 is 0 Å². The van der Waals surface area contributed by atoms with Crippen LogP contribution in [0.2, 0.25) is 0 Å². The van der Waals surface area contributed by atoms with Gasteiger partial charge in [-0.1, -0.05) is 5.16 Å². The second-order valence-electron chi connectivity index (χ2n) is 8.25. The first kappa shape index (κ1) is 16.1. The average molecular weight is 431 g/mol. The van der Waals surface area contributed by atoms with Crippen molar-refractivity contribution in [3.63, 3.8) is 0 Å². The van der Waals surface area contributed by atoms with E-state index in [-0.39, 0.29) is 36.1 Å². The molecule has 2 aliphatic rings. The molecule has 164 valence electrons. The number of benzene rings is 1. The third-order valence-electron chi connectivity index (χ3n) is 6.22. The van der Waals surface area contributed by atoms with Gasteiger partial charge >= 0.3 is 0 Å². The number of nitrogens with zero attached hydrogens (tertiary/aromatic N) is 4. The first-order chi connectivity index (χ1) is 16.5. The van der Waals surface area contributed by atoms with E-state index in [4.69, 9.17) is 10.0 Å². The number of aryl methyl sites for hydroxylation is 1. The maximum absolute atomic E-state index is 13.7. The zero-order chi connectivity index (χ0) is 25.1. The molecule has 5 rings (SSSR count). The monoisotopic (exact) mass is 430 g/mol. The molecule has 1 unspecified atom stereocenters. The summed E-state index contributed by atoms with van der Waals surface area (Å²) in [4.78, 5) is 19.0. The Labute approximate surface area is 185 Å². The molecule has 2 aliphatic heterocycles. The number of hydrogen-bond acceptors (Lipinski definition) is 6. The van der Waals surface area contributed by atoms with Gasteiger partial charge in [0.15, 0.2) is 5.58 Å². The second-order valence-corrected chi connectivity index (χ2v) is 8.25. The molecule has 3 aromatic rings. The van der Waals surface area contributed by atoms with Crippen LogP contribution in [-0.4, -0.2) is 44.3 Å². The largest absolute Gasteiger partial charge is 0.385 e. The van der Waals surface area contributed by atoms with E-state index < -0.39 is 30.4 Å². The van der Waals surface area contributed by atoms with Crippen LogP contribution in [0.4, 0.5) is 4.39 Å². The minimum Gasteiger partial charge on any atom is -0.385 e. The Morgan fingerprint density at radius 3 is 2.90 bits per heavy atom. The molecular formula is C23H27FN4O3. The Morgan fingerprint density at radius 2 is 2.10 bits per heavy atom. The van der Waals surface area contributed by atoms with Crippen molar-refractivity contribution < 1.29 is 19.5 Å². The molecule has 1 saturated heterocycles. The average Bonchev–Trinajstić information content (AvgIpc) is 3.22. The van der Waals surface area contributed by atoms with Crippen LogP contribution in [-0.2, 0) is 12.9 Å². The molecule has 1 atom stereocenters. The number of halogens is 1. The van der Waals surface area contributed by atoms with Gasteiger partial charge in [0.05, 0.1) is 5.69 Å². The molecule has 0 radical (unpaired) electrons. The summed E-state index contributed by atoms with van der Waals surface area (Å²) in [5.74, 6) is -0.275. The molecule has 0 spiro atoms. The van der Waals surface area contributed by atoms with Crippen molar-refractivity contribution >= 4 is 11.0 Å². The van der Waals surface area contributed by atoms with E-state index in [0.717, 1.165) is 0 Å². The van der Waals surface area contributed by atoms with Gasteiger partial charge in [0.25, 0.3) is 5.56 Å². The van der Waals surface area contributed by atoms with Gasteiger partial charge in [-0.25, -0.2) is 9.37 Å². The molecule has 0 bridgehead atoms. The highest BCUT2D eigenvalue weighted by atomic mass is 19.1. The van der Waals surface area contributed by atoms with E-state index in [2.05, 4.69) is 10.1 Å². The van der Waals surface area contributed by atoms with Gasteiger partial charge in [0, 0.05) is 41.1 Å². The third kappa shape index (κ3) is 3.78. The van der Waals surface area contributed by atoms with Crippen LogP contribution in [0.1, 0.15) is 66.0 Å². The van der Waals surface area contributed by atoms with Crippen molar-refractivity contribution in [1.29, 1.82) is 0 Å². The summed E-state index contributed by atoms with van der Waals surface area (Å²) in [6.07, 6.45) is -1.57. The molecule has 7 nitrogen and oxygen atoms in total. The normalized spacial score (nSPS) is 23.1. The molecule has 8 heteroatoms. The fraction of sp³-hybridized carbons (Fsp3) is 0.522. The van der Waals surface area contributed by atoms with Crippen LogP contribution >= 0.6 is 0 Å². The molecule has 4 heterocycles. The first-order valence-corrected chi connectivity index (χ1v) is 10.6. The highest BCUT2D eigenvalue weighted by molar-refractivity contribution is 5.79. The highest BCUT2D eigenvalue weighted by Crippen LogP contribution is 2.33. The van der Waals surface area contributed by atoms with Crippen LogP contribution in [0, 0.1) is 12.7 Å². The van der Waals surface area contributed by atoms with Crippen LogP contribution in [0.15, 0.2) is 27.5 Å². The summed E-state index contributed by atoms with van der Waals surface area (Å²) >= 11 is 0. The Morgan fingerprint density at radius 1 is 1.29 bits per heavy atom. The van der Waals surface area contributed by atoms with E-state index in [1.807, 2.05) is 0 Å². The summed E-state index contributed by atoms with van der Waals surface area (Å²) < 4.78 is 55.3. The fourth-order valence-corrected chi connectivity index (χ4v) is 4.49. The second kappa shape index (κ2) is 8.16. The quantitative estimate of drug-likeness (QED) is 0.685. The lowest BCUT2D eigenvalue weighted by atomic mass is 9.91. The molecule has 2 aromatic heterocycles. The van der Waals surface area contributed by atoms with Crippen LogP contribution in [0.3, 0.4) is 0 Å². The van der Waals surface area contributed by atoms with Crippen LogP contribution in [0.25, 0.3) is 11.0 Å². The molecule has 1 N–H and O–H groups in total. The smallest absolute Gasteiger partial charge is 0.257 e. The number of aliphatic hydroxyl groups is 1. The van der Waals surface area contributed by atoms with Crippen molar-refractivity contribution in [3.8, 4) is 0 Å². The van der Waals surface area contributed by atoms with Crippen molar-refractivity contribution in [2.75, 3.05) is 19.6 Å². The van der Waals surface area contributed by atoms with E-state index in [0.29, 0.717) is 48.9 Å². The number of likely N-dealkylation sites (tertiary alicyclic amines) is 1. The number of piperidine rings is 1. The van der Waals surface area contributed by atoms with Gasteiger partial charge in [-0.15, -0.1) is 0 Å². The minimum absolute atomic E-state index is 0.0852. The number of fused-ring (bicyclic) bond motifs is 2. The predicted molar refractivity (Wildman–Crippen MR) is 114 cm³/mol. The molecule has 1 aromatic carbocycles. The molecule has 0 aliphatic carbocycles. The number of aliphatic hydroxyl groups excluding tert-OH is 1. The van der Waals surface area contributed by atoms with E-state index in [1.54, 1.807) is 0 Å². The molecule has 1 fully saturated rings. The summed E-state index contributed by atoms with van der Waals surface area (Å²) in [6, 6.07) is 4.20. The maximum Gasteiger partial charge on any atom is 0.257 e. The summed E-state index contributed by atoms with van der Waals surface area (Å²) in [5, 5.41) is 14.9. The van der Waals surface area contributed by atoms with Crippen molar-refractivity contribution in [1.82, 2.24) is 19.6 Å². The van der Waals surface area contributed by atoms with Crippen molar-refractivity contribution in [3.05, 3.63) is 57.1 Å². The van der Waals surface area contributed by atoms with E-state index in [1.165, 1.54) is 34.6 Å². The number of hydrogen-bond donors (Lipinski definition) is 1. The number of rotatable bonds is 4. The Balaban J connectivity index is 1.41. The van der Waals surface area contributed by atoms with Gasteiger partial charge in [0.2, 0.25) is 0 Å². The summed E-state index contributed by atoms with van der Waals surface area (Å²) in [6.45, 7) is -0.268. The van der Waals surface area contributed by atoms with Gasteiger partial charge in [-0.2, -0.15) is 0 Å². The van der Waals surface area contributed by atoms with E-state index in [9.17, 15) is 14.3 Å². The van der Waals surface area contributed by atoms with Crippen molar-refractivity contribution in [2.24, 2.45) is 0 Å². The lowest BCUT2D eigenvalue weighted by Gasteiger charge is -2.31. The predicted octanol–water partition coefficient (Wildman–Crippen LogP) is 3.08. The van der Waals surface area contributed by atoms with Gasteiger partial charge in [-0.3, -0.25) is 9.36 Å². The van der Waals surface area contributed by atoms with Gasteiger partial charge < -0.3 is 14.5 Å². The number of aromatic nitrogens is 3. The van der Waals surface area contributed by atoms with Crippen LogP contribution in [0.5, 0.6) is 0 Å². The first-order valence-electron chi connectivity index (χ1n) is 12.6. The highest BCUT2D eigenvalue weighted by Gasteiger charge is 2.27. The summed E-state index contributed by atoms with van der Waals surface area (Å²) in [7, 11) is 0. The molecule has 0 amide bonds. The topological polar surface area (TPSA) is 84.4 Å². The molecular weight excluding hydrogens is 399 g/mol. The Kier molecular flexibility index (Phi) is 4.24. The van der Waals surface area contributed by atoms with Crippen LogP contribution < -0.4 is 5.56 Å². The third-order valence-corrected chi connectivity index (χ3v) is 6.22.